The number of ether oxygens (including phenoxy) is 2. The summed E-state index contributed by atoms with van der Waals surface area (Å²) in [6.07, 6.45) is 2.59. The first kappa shape index (κ1) is 45.5. The number of thioether (sulfide) groups is 1. The number of nitrogens with zero attached hydrogens (tertiary/aromatic N) is 2. The van der Waals surface area contributed by atoms with Crippen molar-refractivity contribution in [3.05, 3.63) is 29.8 Å². The van der Waals surface area contributed by atoms with Crippen LogP contribution in [0.1, 0.15) is 99.0 Å². The highest BCUT2D eigenvalue weighted by molar-refractivity contribution is 8.14. The molecule has 2 aliphatic rings. The zero-order valence-corrected chi connectivity index (χ0v) is 33.9. The molecule has 1 fully saturated rings. The molecule has 1 aromatic carbocycles. The number of aliphatic imine (C=N–C) groups is 1. The number of aliphatic hydroxyl groups is 1. The lowest BCUT2D eigenvalue weighted by Crippen LogP contribution is -2.46. The van der Waals surface area contributed by atoms with E-state index >= 15 is 0 Å². The molecule has 0 aliphatic carbocycles. The molecule has 0 spiro atoms. The second kappa shape index (κ2) is 21.9. The van der Waals surface area contributed by atoms with Gasteiger partial charge in [-0.15, -0.1) is 11.8 Å². The maximum absolute atomic E-state index is 13.1. The van der Waals surface area contributed by atoms with Crippen molar-refractivity contribution < 1.29 is 38.6 Å². The van der Waals surface area contributed by atoms with Crippen molar-refractivity contribution in [2.75, 3.05) is 26.0 Å². The third-order valence-corrected chi connectivity index (χ3v) is 10.9. The standard InChI is InChI=1S/C31H53N5O7S.C8H10O/c1-8-27(40)36-13-9-10-22(36)30(42)43-24(31(5,6)7)15-18(2)14-23(37)19(3)29-35-21(17-44-29)11-12-25(38)33-16-26(39)34-20(4)28(32)41;1-7-3-5-8(9-2)6-4-7/h18-24,37H,8-17H2,1-7H3,(H2,32,41)(H,33,38)(H,34,39);3-6H,1-2H3/t18-,19?,20-,21?,22-,23?,24?;/m0./s1. The number of rotatable bonds is 17. The summed E-state index contributed by atoms with van der Waals surface area (Å²) < 4.78 is 11.0. The first-order valence-electron chi connectivity index (χ1n) is 18.7. The largest absolute Gasteiger partial charge is 0.497 e. The Morgan fingerprint density at radius 1 is 1.08 bits per heavy atom. The van der Waals surface area contributed by atoms with Crippen LogP contribution in [-0.4, -0.2) is 101 Å². The van der Waals surface area contributed by atoms with Crippen LogP contribution in [0.4, 0.5) is 0 Å². The Morgan fingerprint density at radius 3 is 2.32 bits per heavy atom. The fraction of sp³-hybridized carbons (Fsp3) is 0.692. The Labute approximate surface area is 320 Å². The van der Waals surface area contributed by atoms with Crippen LogP contribution in [0.15, 0.2) is 29.3 Å². The minimum atomic E-state index is -0.813. The molecule has 0 saturated carbocycles. The lowest BCUT2D eigenvalue weighted by molar-refractivity contribution is -0.164. The molecule has 2 aliphatic heterocycles. The minimum Gasteiger partial charge on any atom is -0.497 e. The number of amides is 4. The van der Waals surface area contributed by atoms with Crippen molar-refractivity contribution in [3.8, 4) is 5.75 Å². The zero-order valence-electron chi connectivity index (χ0n) is 33.1. The highest BCUT2D eigenvalue weighted by atomic mass is 32.2. The number of nitrogens with one attached hydrogen (secondary N) is 2. The number of aliphatic hydroxyl groups excluding tert-OH is 1. The molecular weight excluding hydrogens is 699 g/mol. The average molecular weight is 762 g/mol. The number of primary amides is 1. The quantitative estimate of drug-likeness (QED) is 0.169. The number of hydrogen-bond donors (Lipinski definition) is 4. The molecule has 0 bridgehead atoms. The predicted octanol–water partition coefficient (Wildman–Crippen LogP) is 4.16. The summed E-state index contributed by atoms with van der Waals surface area (Å²) in [5.74, 6) is -0.286. The molecule has 0 radical (unpaired) electrons. The number of carbonyl (C=O) groups excluding carboxylic acids is 5. The average Bonchev–Trinajstić information content (AvgIpc) is 3.80. The maximum atomic E-state index is 13.1. The van der Waals surface area contributed by atoms with E-state index in [0.29, 0.717) is 44.4 Å². The van der Waals surface area contributed by atoms with E-state index in [9.17, 15) is 29.1 Å². The van der Waals surface area contributed by atoms with Crippen molar-refractivity contribution >= 4 is 46.4 Å². The third kappa shape index (κ3) is 15.7. The lowest BCUT2D eigenvalue weighted by atomic mass is 9.81. The van der Waals surface area contributed by atoms with Crippen LogP contribution in [-0.2, 0) is 28.7 Å². The molecule has 5 N–H and O–H groups in total. The highest BCUT2D eigenvalue weighted by Crippen LogP contribution is 2.33. The van der Waals surface area contributed by atoms with E-state index in [1.54, 1.807) is 30.7 Å². The SMILES string of the molecule is CCC(=O)N1CCC[C@H]1C(=O)OC(C[C@@H](C)CC(O)C(C)C1=NC(CCC(=O)NCC(=O)N[C@@H](C)C(N)=O)CS1)C(C)(C)C.COc1ccc(C)cc1. The molecule has 298 valence electrons. The first-order valence-corrected chi connectivity index (χ1v) is 19.7. The number of methoxy groups -OCH3 is 1. The number of carbonyl (C=O) groups is 5. The number of benzene rings is 1. The van der Waals surface area contributed by atoms with Gasteiger partial charge in [0.05, 0.1) is 30.8 Å². The van der Waals surface area contributed by atoms with Crippen molar-refractivity contribution in [1.29, 1.82) is 0 Å². The first-order chi connectivity index (χ1) is 24.9. The summed E-state index contributed by atoms with van der Waals surface area (Å²) in [4.78, 5) is 66.9. The Bertz CT molecular complexity index is 1400. The Kier molecular flexibility index (Phi) is 18.8. The summed E-state index contributed by atoms with van der Waals surface area (Å²) in [6, 6.07) is 6.56. The van der Waals surface area contributed by atoms with Crippen molar-refractivity contribution in [1.82, 2.24) is 15.5 Å². The van der Waals surface area contributed by atoms with Gasteiger partial charge in [0.15, 0.2) is 0 Å². The van der Waals surface area contributed by atoms with E-state index in [4.69, 9.17) is 20.2 Å². The van der Waals surface area contributed by atoms with E-state index in [2.05, 4.69) is 17.6 Å². The van der Waals surface area contributed by atoms with Gasteiger partial charge in [0.1, 0.15) is 23.9 Å². The minimum absolute atomic E-state index is 0.0297. The van der Waals surface area contributed by atoms with Crippen LogP contribution >= 0.6 is 11.8 Å². The summed E-state index contributed by atoms with van der Waals surface area (Å²) in [5, 5.41) is 16.9. The molecule has 1 aromatic rings. The van der Waals surface area contributed by atoms with Gasteiger partial charge in [0.25, 0.3) is 0 Å². The normalized spacial score (nSPS) is 19.7. The van der Waals surface area contributed by atoms with Crippen LogP contribution in [0.2, 0.25) is 0 Å². The molecule has 4 amide bonds. The van der Waals surface area contributed by atoms with E-state index in [1.807, 2.05) is 58.9 Å². The summed E-state index contributed by atoms with van der Waals surface area (Å²) in [5.41, 5.74) is 6.07. The topological polar surface area (TPSA) is 190 Å². The smallest absolute Gasteiger partial charge is 0.329 e. The molecule has 0 aromatic heterocycles. The Balaban J connectivity index is 0.000000937. The molecule has 53 heavy (non-hydrogen) atoms. The number of nitrogens with two attached hydrogens (primary N) is 1. The van der Waals surface area contributed by atoms with Gasteiger partial charge in [0.2, 0.25) is 23.6 Å². The van der Waals surface area contributed by atoms with E-state index in [1.165, 1.54) is 12.5 Å². The fourth-order valence-electron chi connectivity index (χ4n) is 5.99. The second-order valence-electron chi connectivity index (χ2n) is 15.3. The summed E-state index contributed by atoms with van der Waals surface area (Å²) in [7, 11) is 1.67. The highest BCUT2D eigenvalue weighted by Gasteiger charge is 2.38. The number of hydrogen-bond acceptors (Lipinski definition) is 10. The van der Waals surface area contributed by atoms with Crippen molar-refractivity contribution in [2.24, 2.45) is 28.0 Å². The van der Waals surface area contributed by atoms with E-state index < -0.39 is 30.0 Å². The van der Waals surface area contributed by atoms with Gasteiger partial charge in [-0.05, 0) is 69.4 Å². The van der Waals surface area contributed by atoms with Crippen LogP contribution in [0.3, 0.4) is 0 Å². The van der Waals surface area contributed by atoms with Crippen LogP contribution in [0.25, 0.3) is 0 Å². The summed E-state index contributed by atoms with van der Waals surface area (Å²) >= 11 is 1.59. The van der Waals surface area contributed by atoms with Gasteiger partial charge in [-0.1, -0.05) is 59.2 Å². The predicted molar refractivity (Wildman–Crippen MR) is 208 cm³/mol. The number of aryl methyl sites for hydroxylation is 1. The fourth-order valence-corrected chi connectivity index (χ4v) is 7.24. The van der Waals surface area contributed by atoms with Crippen LogP contribution in [0, 0.1) is 24.2 Å². The molecular formula is C39H63N5O8S. The summed E-state index contributed by atoms with van der Waals surface area (Å²) in [6.45, 7) is 15.8. The van der Waals surface area contributed by atoms with Crippen LogP contribution in [0.5, 0.6) is 5.75 Å². The van der Waals surface area contributed by atoms with Gasteiger partial charge >= 0.3 is 5.97 Å². The Hall–Kier alpha value is -3.65. The number of likely N-dealkylation sites (tertiary alicyclic amines) is 1. The van der Waals surface area contributed by atoms with Gasteiger partial charge in [-0.2, -0.15) is 0 Å². The number of esters is 1. The third-order valence-electron chi connectivity index (χ3n) is 9.54. The zero-order chi connectivity index (χ0) is 39.9. The van der Waals surface area contributed by atoms with Gasteiger partial charge in [-0.25, -0.2) is 4.79 Å². The van der Waals surface area contributed by atoms with Crippen molar-refractivity contribution in [3.63, 3.8) is 0 Å². The maximum Gasteiger partial charge on any atom is 0.329 e. The molecule has 2 heterocycles. The Morgan fingerprint density at radius 2 is 1.74 bits per heavy atom. The van der Waals surface area contributed by atoms with E-state index in [-0.39, 0.29) is 60.1 Å². The molecule has 1 saturated heterocycles. The monoisotopic (exact) mass is 761 g/mol. The lowest BCUT2D eigenvalue weighted by Gasteiger charge is -2.35. The van der Waals surface area contributed by atoms with Crippen LogP contribution < -0.4 is 21.1 Å². The molecule has 7 atom stereocenters. The van der Waals surface area contributed by atoms with Gasteiger partial charge < -0.3 is 35.8 Å². The molecule has 3 rings (SSSR count). The molecule has 4 unspecified atom stereocenters. The van der Waals surface area contributed by atoms with E-state index in [0.717, 1.165) is 17.2 Å². The molecule has 14 heteroatoms. The molecule has 13 nitrogen and oxygen atoms in total. The van der Waals surface area contributed by atoms with Crippen molar-refractivity contribution in [2.45, 2.75) is 131 Å². The van der Waals surface area contributed by atoms with Gasteiger partial charge in [-0.3, -0.25) is 24.2 Å². The second-order valence-corrected chi connectivity index (χ2v) is 16.3. The van der Waals surface area contributed by atoms with Gasteiger partial charge in [0, 0.05) is 31.1 Å².